The summed E-state index contributed by atoms with van der Waals surface area (Å²) in [4.78, 5) is 2.07. The minimum Gasteiger partial charge on any atom is -0.395 e. The minimum atomic E-state index is -0.352. The highest BCUT2D eigenvalue weighted by Gasteiger charge is 2.05. The molecule has 0 fully saturated rings. The van der Waals surface area contributed by atoms with Crippen molar-refractivity contribution in [2.45, 2.75) is 6.92 Å². The summed E-state index contributed by atoms with van der Waals surface area (Å²) in [5.41, 5.74) is 2.17. The monoisotopic (exact) mass is 333 g/mol. The Morgan fingerprint density at radius 2 is 1.83 bits per heavy atom. The van der Waals surface area contributed by atoms with Crippen LogP contribution in [0.4, 0.5) is 21.5 Å². The second kappa shape index (κ2) is 8.45. The van der Waals surface area contributed by atoms with Crippen LogP contribution in [0.2, 0.25) is 0 Å². The van der Waals surface area contributed by atoms with Crippen molar-refractivity contribution in [3.05, 3.63) is 54.3 Å². The molecule has 6 heteroatoms. The number of nitrogens with one attached hydrogen (secondary N) is 2. The number of aliphatic hydroxyl groups is 1. The van der Waals surface area contributed by atoms with Crippen LogP contribution in [0.15, 0.2) is 48.5 Å². The van der Waals surface area contributed by atoms with Gasteiger partial charge in [-0.25, -0.2) is 4.39 Å². The predicted octanol–water partition coefficient (Wildman–Crippen LogP) is 3.45. The van der Waals surface area contributed by atoms with Gasteiger partial charge in [-0.2, -0.15) is 0 Å². The summed E-state index contributed by atoms with van der Waals surface area (Å²) >= 11 is 5.19. The molecular formula is C17H20FN3OS. The van der Waals surface area contributed by atoms with Gasteiger partial charge < -0.3 is 20.6 Å². The first kappa shape index (κ1) is 17.2. The lowest BCUT2D eigenvalue weighted by Crippen LogP contribution is -2.26. The van der Waals surface area contributed by atoms with E-state index in [2.05, 4.69) is 15.5 Å². The van der Waals surface area contributed by atoms with Crippen molar-refractivity contribution in [1.82, 2.24) is 0 Å². The number of anilines is 3. The van der Waals surface area contributed by atoms with Crippen molar-refractivity contribution in [3.63, 3.8) is 0 Å². The molecule has 0 atom stereocenters. The topological polar surface area (TPSA) is 47.5 Å². The summed E-state index contributed by atoms with van der Waals surface area (Å²) in [6.45, 7) is 3.57. The van der Waals surface area contributed by atoms with Gasteiger partial charge in [-0.3, -0.25) is 0 Å². The smallest absolute Gasteiger partial charge is 0.175 e. The lowest BCUT2D eigenvalue weighted by molar-refractivity contribution is 0.302. The van der Waals surface area contributed by atoms with E-state index in [0.717, 1.165) is 17.9 Å². The first-order valence-corrected chi connectivity index (χ1v) is 7.83. The molecule has 2 rings (SSSR count). The normalized spacial score (nSPS) is 10.2. The van der Waals surface area contributed by atoms with Gasteiger partial charge in [0.15, 0.2) is 5.11 Å². The van der Waals surface area contributed by atoms with Gasteiger partial charge in [0.2, 0.25) is 0 Å². The van der Waals surface area contributed by atoms with Crippen LogP contribution in [0.25, 0.3) is 0 Å². The summed E-state index contributed by atoms with van der Waals surface area (Å²) in [6, 6.07) is 14.1. The molecular weight excluding hydrogens is 313 g/mol. The molecule has 4 nitrogen and oxygen atoms in total. The summed E-state index contributed by atoms with van der Waals surface area (Å²) in [6.07, 6.45) is 0. The molecule has 0 aliphatic rings. The first-order chi connectivity index (χ1) is 11.1. The van der Waals surface area contributed by atoms with E-state index in [0.29, 0.717) is 17.3 Å². The van der Waals surface area contributed by atoms with Crippen LogP contribution in [0.1, 0.15) is 6.92 Å². The average molecular weight is 333 g/mol. The first-order valence-electron chi connectivity index (χ1n) is 7.42. The van der Waals surface area contributed by atoms with E-state index in [1.54, 1.807) is 18.2 Å². The van der Waals surface area contributed by atoms with E-state index >= 15 is 0 Å². The van der Waals surface area contributed by atoms with Crippen LogP contribution in [0, 0.1) is 5.82 Å². The van der Waals surface area contributed by atoms with Gasteiger partial charge in [0.05, 0.1) is 12.3 Å². The van der Waals surface area contributed by atoms with E-state index in [1.165, 1.54) is 6.07 Å². The fourth-order valence-corrected chi connectivity index (χ4v) is 2.42. The Morgan fingerprint density at radius 3 is 2.43 bits per heavy atom. The third-order valence-corrected chi connectivity index (χ3v) is 3.57. The van der Waals surface area contributed by atoms with Crippen LogP contribution >= 0.6 is 12.2 Å². The molecule has 23 heavy (non-hydrogen) atoms. The Kier molecular flexibility index (Phi) is 6.31. The van der Waals surface area contributed by atoms with Crippen molar-refractivity contribution in [2.75, 3.05) is 35.2 Å². The average Bonchev–Trinajstić information content (AvgIpc) is 2.55. The number of halogens is 1. The van der Waals surface area contributed by atoms with Gasteiger partial charge in [-0.05, 0) is 55.5 Å². The van der Waals surface area contributed by atoms with Gasteiger partial charge in [-0.1, -0.05) is 12.1 Å². The predicted molar refractivity (Wildman–Crippen MR) is 97.7 cm³/mol. The molecule has 0 saturated heterocycles. The maximum atomic E-state index is 13.6. The van der Waals surface area contributed by atoms with Crippen LogP contribution in [-0.4, -0.2) is 29.9 Å². The number of hydrogen-bond acceptors (Lipinski definition) is 3. The highest BCUT2D eigenvalue weighted by atomic mass is 32.1. The molecule has 3 N–H and O–H groups in total. The second-order valence-electron chi connectivity index (χ2n) is 4.91. The highest BCUT2D eigenvalue weighted by Crippen LogP contribution is 2.18. The second-order valence-corrected chi connectivity index (χ2v) is 5.32. The van der Waals surface area contributed by atoms with Crippen LogP contribution < -0.4 is 15.5 Å². The summed E-state index contributed by atoms with van der Waals surface area (Å²) in [5, 5.41) is 15.2. The molecule has 0 radical (unpaired) electrons. The number of nitrogens with zero attached hydrogens (tertiary/aromatic N) is 1. The fourth-order valence-electron chi connectivity index (χ4n) is 2.19. The quantitative estimate of drug-likeness (QED) is 0.707. The molecule has 2 aromatic rings. The summed E-state index contributed by atoms with van der Waals surface area (Å²) < 4.78 is 13.6. The number of para-hydroxylation sites is 1. The molecule has 0 bridgehead atoms. The largest absolute Gasteiger partial charge is 0.395 e. The summed E-state index contributed by atoms with van der Waals surface area (Å²) in [7, 11) is 0. The van der Waals surface area contributed by atoms with E-state index in [4.69, 9.17) is 17.3 Å². The Morgan fingerprint density at radius 1 is 1.13 bits per heavy atom. The van der Waals surface area contributed by atoms with Gasteiger partial charge in [-0.15, -0.1) is 0 Å². The Labute approximate surface area is 140 Å². The number of thiocarbonyl (C=S) groups is 1. The van der Waals surface area contributed by atoms with E-state index in [-0.39, 0.29) is 12.4 Å². The SMILES string of the molecule is CCN(CCO)c1ccc(NC(=S)Nc2ccccc2F)cc1. The fraction of sp³-hybridized carbons (Fsp3) is 0.235. The molecule has 0 spiro atoms. The molecule has 0 saturated carbocycles. The highest BCUT2D eigenvalue weighted by molar-refractivity contribution is 7.80. The lowest BCUT2D eigenvalue weighted by atomic mass is 10.2. The van der Waals surface area contributed by atoms with Crippen molar-refractivity contribution < 1.29 is 9.50 Å². The Bertz CT molecular complexity index is 649. The van der Waals surface area contributed by atoms with E-state index < -0.39 is 0 Å². The number of rotatable bonds is 6. The molecule has 2 aromatic carbocycles. The maximum Gasteiger partial charge on any atom is 0.175 e. The van der Waals surface area contributed by atoms with Gasteiger partial charge in [0.1, 0.15) is 5.82 Å². The van der Waals surface area contributed by atoms with Crippen molar-refractivity contribution in [3.8, 4) is 0 Å². The standard InChI is InChI=1S/C17H20FN3OS/c1-2-21(11-12-22)14-9-7-13(8-10-14)19-17(23)20-16-6-4-3-5-15(16)18/h3-10,22H,2,11-12H2,1H3,(H2,19,20,23). The van der Waals surface area contributed by atoms with Crippen LogP contribution in [-0.2, 0) is 0 Å². The Hall–Kier alpha value is -2.18. The van der Waals surface area contributed by atoms with Crippen LogP contribution in [0.3, 0.4) is 0 Å². The zero-order valence-electron chi connectivity index (χ0n) is 12.9. The van der Waals surface area contributed by atoms with Crippen molar-refractivity contribution in [2.24, 2.45) is 0 Å². The zero-order chi connectivity index (χ0) is 16.7. The molecule has 0 aromatic heterocycles. The van der Waals surface area contributed by atoms with Crippen LogP contribution in [0.5, 0.6) is 0 Å². The minimum absolute atomic E-state index is 0.116. The molecule has 122 valence electrons. The Balaban J connectivity index is 1.98. The lowest BCUT2D eigenvalue weighted by Gasteiger charge is -2.22. The van der Waals surface area contributed by atoms with Gasteiger partial charge in [0.25, 0.3) is 0 Å². The number of aliphatic hydroxyl groups excluding tert-OH is 1. The van der Waals surface area contributed by atoms with E-state index in [9.17, 15) is 4.39 Å². The summed E-state index contributed by atoms with van der Waals surface area (Å²) in [5.74, 6) is -0.352. The number of benzene rings is 2. The molecule has 0 aliphatic heterocycles. The molecule has 0 unspecified atom stereocenters. The third kappa shape index (κ3) is 4.91. The van der Waals surface area contributed by atoms with Gasteiger partial charge in [0, 0.05) is 24.5 Å². The zero-order valence-corrected chi connectivity index (χ0v) is 13.7. The number of hydrogen-bond donors (Lipinski definition) is 3. The molecule has 0 aliphatic carbocycles. The number of likely N-dealkylation sites (N-methyl/N-ethyl adjacent to an activating group) is 1. The van der Waals surface area contributed by atoms with Gasteiger partial charge >= 0.3 is 0 Å². The maximum absolute atomic E-state index is 13.6. The molecule has 0 heterocycles. The van der Waals surface area contributed by atoms with E-state index in [1.807, 2.05) is 31.2 Å². The molecule has 0 amide bonds. The third-order valence-electron chi connectivity index (χ3n) is 3.36. The van der Waals surface area contributed by atoms with Crippen molar-refractivity contribution in [1.29, 1.82) is 0 Å². The van der Waals surface area contributed by atoms with Crippen molar-refractivity contribution >= 4 is 34.4 Å².